The van der Waals surface area contributed by atoms with Crippen molar-refractivity contribution in [1.82, 2.24) is 10.2 Å². The second kappa shape index (κ2) is 9.37. The van der Waals surface area contributed by atoms with E-state index in [4.69, 9.17) is 11.6 Å². The summed E-state index contributed by atoms with van der Waals surface area (Å²) in [5.74, 6) is -1.05. The number of carbonyl (C=O) groups excluding carboxylic acids is 3. The van der Waals surface area contributed by atoms with Crippen molar-refractivity contribution in [3.63, 3.8) is 0 Å². The first kappa shape index (κ1) is 21.4. The number of nitrogens with zero attached hydrogens (tertiary/aromatic N) is 1. The lowest BCUT2D eigenvalue weighted by atomic mass is 10.1. The Balaban J connectivity index is 1.92. The molecule has 0 saturated heterocycles. The van der Waals surface area contributed by atoms with Crippen molar-refractivity contribution in [3.05, 3.63) is 64.2 Å². The standard InChI is InChI=1S/C21H24ClN3O3/c1-13-6-5-7-14(2)19(13)24-18(26)12-25(4)21(28)15(3)23-20(27)16-8-10-17(22)11-9-16/h5-11,15H,12H2,1-4H3,(H,23,27)(H,24,26). The van der Waals surface area contributed by atoms with Crippen LogP contribution in [0.4, 0.5) is 5.69 Å². The lowest BCUT2D eigenvalue weighted by molar-refractivity contribution is -0.134. The topological polar surface area (TPSA) is 78.5 Å². The second-order valence-electron chi connectivity index (χ2n) is 6.71. The molecule has 148 valence electrons. The molecule has 0 bridgehead atoms. The van der Waals surface area contributed by atoms with Gasteiger partial charge in [-0.25, -0.2) is 0 Å². The van der Waals surface area contributed by atoms with Gasteiger partial charge in [0, 0.05) is 23.3 Å². The molecule has 0 radical (unpaired) electrons. The van der Waals surface area contributed by atoms with Crippen LogP contribution in [0.2, 0.25) is 5.02 Å². The Hall–Kier alpha value is -2.86. The predicted molar refractivity (Wildman–Crippen MR) is 111 cm³/mol. The third-order valence-electron chi connectivity index (χ3n) is 4.33. The Morgan fingerprint density at radius 2 is 1.61 bits per heavy atom. The molecule has 0 fully saturated rings. The van der Waals surface area contributed by atoms with E-state index in [0.29, 0.717) is 10.6 Å². The number of hydrogen-bond donors (Lipinski definition) is 2. The zero-order valence-electron chi connectivity index (χ0n) is 16.4. The molecule has 2 aromatic carbocycles. The van der Waals surface area contributed by atoms with Gasteiger partial charge in [0.05, 0.1) is 6.54 Å². The second-order valence-corrected chi connectivity index (χ2v) is 7.15. The fourth-order valence-corrected chi connectivity index (χ4v) is 2.88. The molecular formula is C21H24ClN3O3. The zero-order chi connectivity index (χ0) is 20.8. The summed E-state index contributed by atoms with van der Waals surface area (Å²) >= 11 is 5.81. The van der Waals surface area contributed by atoms with Crippen LogP contribution in [-0.2, 0) is 9.59 Å². The highest BCUT2D eigenvalue weighted by molar-refractivity contribution is 6.30. The van der Waals surface area contributed by atoms with Crippen LogP contribution < -0.4 is 10.6 Å². The molecule has 0 saturated carbocycles. The number of para-hydroxylation sites is 1. The van der Waals surface area contributed by atoms with E-state index in [-0.39, 0.29) is 24.3 Å². The molecule has 0 heterocycles. The van der Waals surface area contributed by atoms with E-state index in [1.807, 2.05) is 32.0 Å². The van der Waals surface area contributed by atoms with Gasteiger partial charge in [-0.15, -0.1) is 0 Å². The molecule has 6 nitrogen and oxygen atoms in total. The Bertz CT molecular complexity index is 861. The van der Waals surface area contributed by atoms with E-state index in [1.165, 1.54) is 11.9 Å². The molecule has 0 aliphatic carbocycles. The smallest absolute Gasteiger partial charge is 0.251 e. The van der Waals surface area contributed by atoms with Gasteiger partial charge < -0.3 is 15.5 Å². The van der Waals surface area contributed by atoms with Crippen molar-refractivity contribution in [3.8, 4) is 0 Å². The maximum Gasteiger partial charge on any atom is 0.251 e. The number of carbonyl (C=O) groups is 3. The number of nitrogens with one attached hydrogen (secondary N) is 2. The third kappa shape index (κ3) is 5.57. The van der Waals surface area contributed by atoms with Crippen molar-refractivity contribution >= 4 is 35.0 Å². The Kier molecular flexibility index (Phi) is 7.18. The largest absolute Gasteiger partial charge is 0.341 e. The van der Waals surface area contributed by atoms with Gasteiger partial charge in [-0.05, 0) is 56.2 Å². The monoisotopic (exact) mass is 401 g/mol. The summed E-state index contributed by atoms with van der Waals surface area (Å²) in [7, 11) is 1.53. The Labute approximate surface area is 169 Å². The number of aryl methyl sites for hydroxylation is 2. The number of anilines is 1. The van der Waals surface area contributed by atoms with Crippen LogP contribution in [-0.4, -0.2) is 42.3 Å². The highest BCUT2D eigenvalue weighted by Crippen LogP contribution is 2.19. The number of rotatable bonds is 6. The Morgan fingerprint density at radius 1 is 1.04 bits per heavy atom. The van der Waals surface area contributed by atoms with Crippen LogP contribution in [0, 0.1) is 13.8 Å². The van der Waals surface area contributed by atoms with Crippen molar-refractivity contribution < 1.29 is 14.4 Å². The van der Waals surface area contributed by atoms with Crippen LogP contribution in [0.15, 0.2) is 42.5 Å². The van der Waals surface area contributed by atoms with E-state index in [9.17, 15) is 14.4 Å². The fourth-order valence-electron chi connectivity index (χ4n) is 2.76. The predicted octanol–water partition coefficient (Wildman–Crippen LogP) is 3.17. The minimum atomic E-state index is -0.777. The van der Waals surface area contributed by atoms with Crippen molar-refractivity contribution in [2.45, 2.75) is 26.8 Å². The number of hydrogen-bond acceptors (Lipinski definition) is 3. The first-order valence-electron chi connectivity index (χ1n) is 8.86. The molecule has 7 heteroatoms. The van der Waals surface area contributed by atoms with E-state index < -0.39 is 6.04 Å². The minimum Gasteiger partial charge on any atom is -0.341 e. The number of amides is 3. The van der Waals surface area contributed by atoms with Gasteiger partial charge in [0.25, 0.3) is 5.91 Å². The first-order valence-corrected chi connectivity index (χ1v) is 9.24. The molecule has 28 heavy (non-hydrogen) atoms. The van der Waals surface area contributed by atoms with Gasteiger partial charge in [0.15, 0.2) is 0 Å². The minimum absolute atomic E-state index is 0.117. The average Bonchev–Trinajstić information content (AvgIpc) is 2.64. The quantitative estimate of drug-likeness (QED) is 0.780. The van der Waals surface area contributed by atoms with Gasteiger partial charge in [-0.3, -0.25) is 14.4 Å². The highest BCUT2D eigenvalue weighted by atomic mass is 35.5. The van der Waals surface area contributed by atoms with Crippen molar-refractivity contribution in [2.75, 3.05) is 18.9 Å². The fraction of sp³-hybridized carbons (Fsp3) is 0.286. The lowest BCUT2D eigenvalue weighted by Gasteiger charge is -2.22. The molecule has 2 aromatic rings. The maximum absolute atomic E-state index is 12.5. The van der Waals surface area contributed by atoms with Crippen LogP contribution in [0.3, 0.4) is 0 Å². The van der Waals surface area contributed by atoms with E-state index in [0.717, 1.165) is 16.8 Å². The third-order valence-corrected chi connectivity index (χ3v) is 4.58. The summed E-state index contributed by atoms with van der Waals surface area (Å²) in [6, 6.07) is 11.3. The summed E-state index contributed by atoms with van der Waals surface area (Å²) in [5, 5.41) is 6.00. The molecule has 1 unspecified atom stereocenters. The van der Waals surface area contributed by atoms with Crippen molar-refractivity contribution in [1.29, 1.82) is 0 Å². The SMILES string of the molecule is Cc1cccc(C)c1NC(=O)CN(C)C(=O)C(C)NC(=O)c1ccc(Cl)cc1. The average molecular weight is 402 g/mol. The highest BCUT2D eigenvalue weighted by Gasteiger charge is 2.22. The molecule has 3 amide bonds. The van der Waals surface area contributed by atoms with Crippen LogP contribution in [0.25, 0.3) is 0 Å². The van der Waals surface area contributed by atoms with Crippen LogP contribution in [0.5, 0.6) is 0 Å². The van der Waals surface area contributed by atoms with Crippen LogP contribution >= 0.6 is 11.6 Å². The summed E-state index contributed by atoms with van der Waals surface area (Å²) in [5.41, 5.74) is 3.05. The van der Waals surface area contributed by atoms with E-state index in [2.05, 4.69) is 10.6 Å². The molecule has 2 N–H and O–H groups in total. The number of benzene rings is 2. The van der Waals surface area contributed by atoms with Crippen molar-refractivity contribution in [2.24, 2.45) is 0 Å². The lowest BCUT2D eigenvalue weighted by Crippen LogP contribution is -2.47. The maximum atomic E-state index is 12.5. The molecule has 0 spiro atoms. The molecule has 1 atom stereocenters. The zero-order valence-corrected chi connectivity index (χ0v) is 17.1. The molecular weight excluding hydrogens is 378 g/mol. The summed E-state index contributed by atoms with van der Waals surface area (Å²) in [4.78, 5) is 38.3. The molecule has 2 rings (SSSR count). The molecule has 0 aliphatic heterocycles. The van der Waals surface area contributed by atoms with Gasteiger partial charge in [0.1, 0.15) is 6.04 Å². The first-order chi connectivity index (χ1) is 13.2. The molecule has 0 aliphatic rings. The number of likely N-dealkylation sites (N-methyl/N-ethyl adjacent to an activating group) is 1. The van der Waals surface area contributed by atoms with Gasteiger partial charge in [-0.2, -0.15) is 0 Å². The number of halogens is 1. The van der Waals surface area contributed by atoms with Crippen LogP contribution in [0.1, 0.15) is 28.4 Å². The van der Waals surface area contributed by atoms with E-state index in [1.54, 1.807) is 31.2 Å². The van der Waals surface area contributed by atoms with Gasteiger partial charge >= 0.3 is 0 Å². The normalized spacial score (nSPS) is 11.5. The summed E-state index contributed by atoms with van der Waals surface area (Å²) in [6.07, 6.45) is 0. The van der Waals surface area contributed by atoms with Gasteiger partial charge in [-0.1, -0.05) is 29.8 Å². The van der Waals surface area contributed by atoms with E-state index >= 15 is 0 Å². The Morgan fingerprint density at radius 3 is 2.18 bits per heavy atom. The van der Waals surface area contributed by atoms with Gasteiger partial charge in [0.2, 0.25) is 11.8 Å². The summed E-state index contributed by atoms with van der Waals surface area (Å²) < 4.78 is 0. The summed E-state index contributed by atoms with van der Waals surface area (Å²) in [6.45, 7) is 5.28. The molecule has 0 aromatic heterocycles.